The SMILES string of the molecule is CC(C)(Cc1ccc(C(F)F)c(F)c1)C(=O)O. The summed E-state index contributed by atoms with van der Waals surface area (Å²) in [5, 5.41) is 8.90. The van der Waals surface area contributed by atoms with E-state index in [9.17, 15) is 18.0 Å². The predicted molar refractivity (Wildman–Crippen MR) is 56.5 cm³/mol. The first kappa shape index (κ1) is 13.5. The number of halogens is 3. The number of benzene rings is 1. The van der Waals surface area contributed by atoms with Crippen molar-refractivity contribution in [3.05, 3.63) is 35.1 Å². The van der Waals surface area contributed by atoms with Crippen LogP contribution in [0.5, 0.6) is 0 Å². The second kappa shape index (κ2) is 4.77. The van der Waals surface area contributed by atoms with Crippen molar-refractivity contribution >= 4 is 5.97 Å². The number of carboxylic acid groups (broad SMARTS) is 1. The minimum Gasteiger partial charge on any atom is -0.481 e. The van der Waals surface area contributed by atoms with E-state index < -0.39 is 29.2 Å². The zero-order chi connectivity index (χ0) is 13.2. The maximum atomic E-state index is 13.2. The van der Waals surface area contributed by atoms with Crippen LogP contribution in [0.25, 0.3) is 0 Å². The van der Waals surface area contributed by atoms with Gasteiger partial charge in [0.25, 0.3) is 6.43 Å². The maximum absolute atomic E-state index is 13.2. The van der Waals surface area contributed by atoms with Gasteiger partial charge in [-0.3, -0.25) is 4.79 Å². The molecule has 0 bridgehead atoms. The lowest BCUT2D eigenvalue weighted by molar-refractivity contribution is -0.146. The molecule has 0 saturated carbocycles. The molecule has 0 spiro atoms. The molecule has 1 aromatic rings. The van der Waals surface area contributed by atoms with E-state index in [1.54, 1.807) is 0 Å². The second-order valence-electron chi connectivity index (χ2n) is 4.52. The molecule has 0 aliphatic rings. The summed E-state index contributed by atoms with van der Waals surface area (Å²) in [5.41, 5.74) is -1.33. The van der Waals surface area contributed by atoms with Crippen LogP contribution in [0.4, 0.5) is 13.2 Å². The van der Waals surface area contributed by atoms with Crippen molar-refractivity contribution in [3.8, 4) is 0 Å². The van der Waals surface area contributed by atoms with Crippen molar-refractivity contribution in [2.75, 3.05) is 0 Å². The first-order valence-electron chi connectivity index (χ1n) is 5.04. The Morgan fingerprint density at radius 2 is 2.00 bits per heavy atom. The van der Waals surface area contributed by atoms with Gasteiger partial charge in [-0.2, -0.15) is 0 Å². The Hall–Kier alpha value is -1.52. The monoisotopic (exact) mass is 246 g/mol. The number of hydrogen-bond donors (Lipinski definition) is 1. The Kier molecular flexibility index (Phi) is 3.80. The highest BCUT2D eigenvalue weighted by Gasteiger charge is 2.27. The topological polar surface area (TPSA) is 37.3 Å². The van der Waals surface area contributed by atoms with Crippen molar-refractivity contribution in [1.82, 2.24) is 0 Å². The van der Waals surface area contributed by atoms with Crippen LogP contribution in [-0.2, 0) is 11.2 Å². The number of hydrogen-bond acceptors (Lipinski definition) is 1. The van der Waals surface area contributed by atoms with Gasteiger partial charge < -0.3 is 5.11 Å². The Bertz CT molecular complexity index is 428. The molecule has 0 fully saturated rings. The molecule has 0 aromatic heterocycles. The third kappa shape index (κ3) is 3.22. The van der Waals surface area contributed by atoms with Crippen LogP contribution < -0.4 is 0 Å². The van der Waals surface area contributed by atoms with Gasteiger partial charge in [0.15, 0.2) is 0 Å². The van der Waals surface area contributed by atoms with Crippen molar-refractivity contribution in [2.45, 2.75) is 26.7 Å². The van der Waals surface area contributed by atoms with E-state index in [2.05, 4.69) is 0 Å². The largest absolute Gasteiger partial charge is 0.481 e. The van der Waals surface area contributed by atoms with Gasteiger partial charge in [-0.25, -0.2) is 13.2 Å². The van der Waals surface area contributed by atoms with Gasteiger partial charge in [0.1, 0.15) is 5.82 Å². The second-order valence-corrected chi connectivity index (χ2v) is 4.52. The average molecular weight is 246 g/mol. The van der Waals surface area contributed by atoms with Crippen LogP contribution in [-0.4, -0.2) is 11.1 Å². The third-order valence-corrected chi connectivity index (χ3v) is 2.52. The molecule has 0 atom stereocenters. The normalized spacial score (nSPS) is 11.9. The molecule has 2 nitrogen and oxygen atoms in total. The van der Waals surface area contributed by atoms with Crippen LogP contribution in [0.3, 0.4) is 0 Å². The van der Waals surface area contributed by atoms with Crippen molar-refractivity contribution in [1.29, 1.82) is 0 Å². The highest BCUT2D eigenvalue weighted by atomic mass is 19.3. The van der Waals surface area contributed by atoms with Crippen molar-refractivity contribution < 1.29 is 23.1 Å². The molecule has 0 unspecified atom stereocenters. The summed E-state index contributed by atoms with van der Waals surface area (Å²) in [6, 6.07) is 3.29. The van der Waals surface area contributed by atoms with Crippen LogP contribution in [0, 0.1) is 11.2 Å². The van der Waals surface area contributed by atoms with Gasteiger partial charge in [-0.05, 0) is 31.9 Å². The van der Waals surface area contributed by atoms with E-state index >= 15 is 0 Å². The molecule has 0 aliphatic heterocycles. The zero-order valence-corrected chi connectivity index (χ0v) is 9.51. The van der Waals surface area contributed by atoms with E-state index in [1.807, 2.05) is 0 Å². The molecular weight excluding hydrogens is 233 g/mol. The van der Waals surface area contributed by atoms with Gasteiger partial charge in [0.05, 0.1) is 11.0 Å². The summed E-state index contributed by atoms with van der Waals surface area (Å²) in [6.45, 7) is 2.99. The fraction of sp³-hybridized carbons (Fsp3) is 0.417. The molecule has 94 valence electrons. The number of rotatable bonds is 4. The molecule has 0 aliphatic carbocycles. The smallest absolute Gasteiger partial charge is 0.309 e. The fourth-order valence-corrected chi connectivity index (χ4v) is 1.44. The Morgan fingerprint density at radius 1 is 1.41 bits per heavy atom. The number of aliphatic carboxylic acids is 1. The maximum Gasteiger partial charge on any atom is 0.309 e. The average Bonchev–Trinajstić information content (AvgIpc) is 2.15. The van der Waals surface area contributed by atoms with Gasteiger partial charge >= 0.3 is 5.97 Å². The molecule has 0 heterocycles. The van der Waals surface area contributed by atoms with Crippen LogP contribution in [0.15, 0.2) is 18.2 Å². The minimum absolute atomic E-state index is 0.0861. The summed E-state index contributed by atoms with van der Waals surface area (Å²) in [7, 11) is 0. The Balaban J connectivity index is 2.96. The first-order valence-corrected chi connectivity index (χ1v) is 5.04. The van der Waals surface area contributed by atoms with Crippen LogP contribution in [0.1, 0.15) is 31.4 Å². The van der Waals surface area contributed by atoms with E-state index in [0.29, 0.717) is 5.56 Å². The lowest BCUT2D eigenvalue weighted by atomic mass is 9.86. The summed E-state index contributed by atoms with van der Waals surface area (Å²) in [5.74, 6) is -2.02. The van der Waals surface area contributed by atoms with E-state index in [0.717, 1.165) is 12.1 Å². The van der Waals surface area contributed by atoms with Gasteiger partial charge in [-0.15, -0.1) is 0 Å². The van der Waals surface area contributed by atoms with Crippen LogP contribution >= 0.6 is 0 Å². The molecule has 1 aromatic carbocycles. The van der Waals surface area contributed by atoms with E-state index in [1.165, 1.54) is 19.9 Å². The molecular formula is C12H13F3O2. The van der Waals surface area contributed by atoms with E-state index in [4.69, 9.17) is 5.11 Å². The lowest BCUT2D eigenvalue weighted by Gasteiger charge is -2.19. The number of carbonyl (C=O) groups is 1. The quantitative estimate of drug-likeness (QED) is 0.883. The Labute approximate surface area is 97.1 Å². The number of carboxylic acids is 1. The Morgan fingerprint density at radius 3 is 2.41 bits per heavy atom. The molecule has 0 saturated heterocycles. The molecule has 1 rings (SSSR count). The third-order valence-electron chi connectivity index (χ3n) is 2.52. The zero-order valence-electron chi connectivity index (χ0n) is 9.51. The van der Waals surface area contributed by atoms with Gasteiger partial charge in [-0.1, -0.05) is 12.1 Å². The molecule has 0 radical (unpaired) electrons. The summed E-state index contributed by atoms with van der Waals surface area (Å²) >= 11 is 0. The lowest BCUT2D eigenvalue weighted by Crippen LogP contribution is -2.26. The van der Waals surface area contributed by atoms with E-state index in [-0.39, 0.29) is 6.42 Å². The summed E-state index contributed by atoms with van der Waals surface area (Å²) in [6.07, 6.45) is -2.78. The molecule has 1 N–H and O–H groups in total. The standard InChI is InChI=1S/C12H13F3O2/c1-12(2,11(16)17)6-7-3-4-8(10(14)15)9(13)5-7/h3-5,10H,6H2,1-2H3,(H,16,17). The van der Waals surface area contributed by atoms with Crippen molar-refractivity contribution in [2.24, 2.45) is 5.41 Å². The summed E-state index contributed by atoms with van der Waals surface area (Å²) < 4.78 is 37.8. The van der Waals surface area contributed by atoms with Gasteiger partial charge in [0.2, 0.25) is 0 Å². The van der Waals surface area contributed by atoms with Crippen LogP contribution in [0.2, 0.25) is 0 Å². The molecule has 0 amide bonds. The highest BCUT2D eigenvalue weighted by molar-refractivity contribution is 5.74. The fourth-order valence-electron chi connectivity index (χ4n) is 1.44. The van der Waals surface area contributed by atoms with Crippen molar-refractivity contribution in [3.63, 3.8) is 0 Å². The summed E-state index contributed by atoms with van der Waals surface area (Å²) in [4.78, 5) is 10.9. The number of alkyl halides is 2. The molecule has 17 heavy (non-hydrogen) atoms. The minimum atomic E-state index is -2.86. The highest BCUT2D eigenvalue weighted by Crippen LogP contribution is 2.26. The predicted octanol–water partition coefficient (Wildman–Crippen LogP) is 3.42. The van der Waals surface area contributed by atoms with Gasteiger partial charge in [0, 0.05) is 0 Å². The molecule has 5 heteroatoms. The first-order chi connectivity index (χ1) is 7.74.